The van der Waals surface area contributed by atoms with Crippen LogP contribution >= 0.6 is 11.3 Å². The molecule has 4 heterocycles. The van der Waals surface area contributed by atoms with Gasteiger partial charge in [0.05, 0.1) is 33.5 Å². The molecule has 6 aromatic carbocycles. The standard InChI is InChI=1S/C42H25N5S/c1-2-10-26(11-3-1)42-45-34(25-35(46-42)31-17-9-16-30-29-14-5-7-19-38(29)48-41(30)31)27-12-8-13-28(24-27)47-36-18-6-4-15-32(36)39-37(47)21-20-33-40(39)44-23-22-43-33/h1-25H. The predicted molar refractivity (Wildman–Crippen MR) is 199 cm³/mol. The molecule has 0 radical (unpaired) electrons. The molecule has 0 fully saturated rings. The summed E-state index contributed by atoms with van der Waals surface area (Å²) in [5.41, 5.74) is 9.94. The summed E-state index contributed by atoms with van der Waals surface area (Å²) >= 11 is 1.82. The van der Waals surface area contributed by atoms with Gasteiger partial charge in [0.2, 0.25) is 0 Å². The van der Waals surface area contributed by atoms with Gasteiger partial charge < -0.3 is 4.57 Å². The fraction of sp³-hybridized carbons (Fsp3) is 0. The van der Waals surface area contributed by atoms with E-state index in [-0.39, 0.29) is 0 Å². The van der Waals surface area contributed by atoms with Crippen LogP contribution in [0.1, 0.15) is 0 Å². The highest BCUT2D eigenvalue weighted by molar-refractivity contribution is 7.26. The van der Waals surface area contributed by atoms with Gasteiger partial charge in [0.1, 0.15) is 0 Å². The fourth-order valence-corrected chi connectivity index (χ4v) is 8.19. The van der Waals surface area contributed by atoms with Crippen molar-refractivity contribution < 1.29 is 0 Å². The molecule has 0 aliphatic rings. The lowest BCUT2D eigenvalue weighted by Gasteiger charge is -2.12. The first kappa shape index (κ1) is 26.9. The molecule has 0 saturated heterocycles. The fourth-order valence-electron chi connectivity index (χ4n) is 6.97. The molecule has 0 spiro atoms. The zero-order valence-electron chi connectivity index (χ0n) is 25.6. The predicted octanol–water partition coefficient (Wildman–Crippen LogP) is 10.9. The molecule has 0 N–H and O–H groups in total. The molecule has 4 aromatic heterocycles. The Balaban J connectivity index is 1.20. The van der Waals surface area contributed by atoms with Crippen molar-refractivity contribution in [2.24, 2.45) is 0 Å². The Kier molecular flexibility index (Phi) is 5.98. The second kappa shape index (κ2) is 10.7. The molecule has 0 bridgehead atoms. The third-order valence-corrected chi connectivity index (χ3v) is 10.3. The molecule has 5 nitrogen and oxygen atoms in total. The van der Waals surface area contributed by atoms with Crippen molar-refractivity contribution in [3.05, 3.63) is 152 Å². The summed E-state index contributed by atoms with van der Waals surface area (Å²) in [6, 6.07) is 48.9. The van der Waals surface area contributed by atoms with E-state index in [4.69, 9.17) is 15.0 Å². The van der Waals surface area contributed by atoms with Crippen LogP contribution in [-0.2, 0) is 0 Å². The van der Waals surface area contributed by atoms with E-state index in [1.165, 1.54) is 20.2 Å². The van der Waals surface area contributed by atoms with Gasteiger partial charge in [0, 0.05) is 65.7 Å². The van der Waals surface area contributed by atoms with E-state index >= 15 is 0 Å². The first-order valence-electron chi connectivity index (χ1n) is 15.9. The van der Waals surface area contributed by atoms with Crippen molar-refractivity contribution >= 4 is 64.3 Å². The second-order valence-electron chi connectivity index (χ2n) is 11.9. The number of rotatable bonds is 4. The third kappa shape index (κ3) is 4.16. The van der Waals surface area contributed by atoms with E-state index in [1.54, 1.807) is 12.4 Å². The number of hydrogen-bond donors (Lipinski definition) is 0. The van der Waals surface area contributed by atoms with Crippen molar-refractivity contribution in [1.29, 1.82) is 0 Å². The van der Waals surface area contributed by atoms with Gasteiger partial charge in [-0.05, 0) is 42.5 Å². The largest absolute Gasteiger partial charge is 0.309 e. The normalized spacial score (nSPS) is 11.8. The molecule has 10 rings (SSSR count). The Morgan fingerprint density at radius 3 is 2.21 bits per heavy atom. The van der Waals surface area contributed by atoms with Crippen LogP contribution in [0.4, 0.5) is 0 Å². The van der Waals surface area contributed by atoms with Gasteiger partial charge in [0.15, 0.2) is 5.82 Å². The van der Waals surface area contributed by atoms with Crippen LogP contribution in [0.3, 0.4) is 0 Å². The zero-order chi connectivity index (χ0) is 31.6. The molecule has 0 aliphatic heterocycles. The smallest absolute Gasteiger partial charge is 0.160 e. The Morgan fingerprint density at radius 2 is 1.27 bits per heavy atom. The maximum atomic E-state index is 5.18. The van der Waals surface area contributed by atoms with E-state index in [0.29, 0.717) is 5.82 Å². The SMILES string of the molecule is c1ccc(-c2nc(-c3cccc(-n4c5ccccc5c5c6nccnc6ccc54)c3)cc(-c3cccc4c3sc3ccccc34)n2)cc1. The monoisotopic (exact) mass is 631 g/mol. The minimum Gasteiger partial charge on any atom is -0.309 e. The van der Waals surface area contributed by atoms with Crippen LogP contribution in [-0.4, -0.2) is 24.5 Å². The third-order valence-electron chi connectivity index (χ3n) is 9.11. The molecule has 224 valence electrons. The van der Waals surface area contributed by atoms with Crippen LogP contribution < -0.4 is 0 Å². The number of hydrogen-bond acceptors (Lipinski definition) is 5. The summed E-state index contributed by atoms with van der Waals surface area (Å²) in [6.07, 6.45) is 3.52. The van der Waals surface area contributed by atoms with Gasteiger partial charge in [-0.3, -0.25) is 9.97 Å². The van der Waals surface area contributed by atoms with Crippen molar-refractivity contribution in [1.82, 2.24) is 24.5 Å². The Bertz CT molecular complexity index is 2850. The highest BCUT2D eigenvalue weighted by Gasteiger charge is 2.18. The summed E-state index contributed by atoms with van der Waals surface area (Å²) in [5.74, 6) is 0.702. The maximum Gasteiger partial charge on any atom is 0.160 e. The van der Waals surface area contributed by atoms with Gasteiger partial charge in [-0.1, -0.05) is 97.1 Å². The lowest BCUT2D eigenvalue weighted by molar-refractivity contribution is 1.16. The van der Waals surface area contributed by atoms with E-state index in [1.807, 2.05) is 29.5 Å². The first-order valence-corrected chi connectivity index (χ1v) is 16.7. The highest BCUT2D eigenvalue weighted by Crippen LogP contribution is 2.41. The summed E-state index contributed by atoms with van der Waals surface area (Å²) in [4.78, 5) is 19.7. The van der Waals surface area contributed by atoms with E-state index in [9.17, 15) is 0 Å². The van der Waals surface area contributed by atoms with Gasteiger partial charge in [-0.25, -0.2) is 9.97 Å². The van der Waals surface area contributed by atoms with Crippen molar-refractivity contribution in [3.63, 3.8) is 0 Å². The molecule has 48 heavy (non-hydrogen) atoms. The van der Waals surface area contributed by atoms with Gasteiger partial charge >= 0.3 is 0 Å². The van der Waals surface area contributed by atoms with Crippen LogP contribution in [0.2, 0.25) is 0 Å². The van der Waals surface area contributed by atoms with Crippen LogP contribution in [0.5, 0.6) is 0 Å². The number of thiophene rings is 1. The quantitative estimate of drug-likeness (QED) is 0.194. The van der Waals surface area contributed by atoms with Gasteiger partial charge in [-0.15, -0.1) is 11.3 Å². The average Bonchev–Trinajstić information content (AvgIpc) is 3.71. The van der Waals surface area contributed by atoms with Crippen LogP contribution in [0.15, 0.2) is 152 Å². The molecule has 10 aromatic rings. The number of aromatic nitrogens is 5. The molecular formula is C42H25N5S. The molecule has 0 aliphatic carbocycles. The molecule has 0 saturated carbocycles. The molecule has 0 unspecified atom stereocenters. The lowest BCUT2D eigenvalue weighted by atomic mass is 10.0. The zero-order valence-corrected chi connectivity index (χ0v) is 26.4. The highest BCUT2D eigenvalue weighted by atomic mass is 32.1. The van der Waals surface area contributed by atoms with E-state index in [0.717, 1.165) is 66.6 Å². The lowest BCUT2D eigenvalue weighted by Crippen LogP contribution is -1.98. The number of benzene rings is 6. The second-order valence-corrected chi connectivity index (χ2v) is 12.9. The van der Waals surface area contributed by atoms with Gasteiger partial charge in [0.25, 0.3) is 0 Å². The molecular weight excluding hydrogens is 607 g/mol. The number of fused-ring (bicyclic) bond motifs is 8. The van der Waals surface area contributed by atoms with Crippen molar-refractivity contribution in [2.45, 2.75) is 0 Å². The molecule has 6 heteroatoms. The Labute approximate surface area is 279 Å². The van der Waals surface area contributed by atoms with Crippen molar-refractivity contribution in [3.8, 4) is 39.6 Å². The summed E-state index contributed by atoms with van der Waals surface area (Å²) in [5, 5.41) is 4.78. The van der Waals surface area contributed by atoms with E-state index in [2.05, 4.69) is 131 Å². The maximum absolute atomic E-state index is 5.18. The number of para-hydroxylation sites is 1. The number of nitrogens with zero attached hydrogens (tertiary/aromatic N) is 5. The van der Waals surface area contributed by atoms with Gasteiger partial charge in [-0.2, -0.15) is 0 Å². The Morgan fingerprint density at radius 1 is 0.521 bits per heavy atom. The van der Waals surface area contributed by atoms with Crippen molar-refractivity contribution in [2.75, 3.05) is 0 Å². The molecule has 0 amide bonds. The Hall–Kier alpha value is -6.24. The van der Waals surface area contributed by atoms with E-state index < -0.39 is 0 Å². The van der Waals surface area contributed by atoms with Crippen LogP contribution in [0.25, 0.3) is 92.6 Å². The topological polar surface area (TPSA) is 56.5 Å². The minimum absolute atomic E-state index is 0.702. The first-order chi connectivity index (χ1) is 23.8. The average molecular weight is 632 g/mol. The van der Waals surface area contributed by atoms with Crippen LogP contribution in [0, 0.1) is 0 Å². The summed E-state index contributed by atoms with van der Waals surface area (Å²) < 4.78 is 4.83. The molecule has 0 atom stereocenters. The summed E-state index contributed by atoms with van der Waals surface area (Å²) in [6.45, 7) is 0. The minimum atomic E-state index is 0.702. The summed E-state index contributed by atoms with van der Waals surface area (Å²) in [7, 11) is 0.